The van der Waals surface area contributed by atoms with Gasteiger partial charge in [-0.3, -0.25) is 9.59 Å². The molecule has 0 saturated carbocycles. The van der Waals surface area contributed by atoms with Gasteiger partial charge in [0.1, 0.15) is 0 Å². The minimum absolute atomic E-state index is 0.156. The highest BCUT2D eigenvalue weighted by Gasteiger charge is 2.28. The number of benzene rings is 2. The van der Waals surface area contributed by atoms with E-state index in [9.17, 15) is 14.4 Å². The predicted molar refractivity (Wildman–Crippen MR) is 121 cm³/mol. The van der Waals surface area contributed by atoms with E-state index in [-0.39, 0.29) is 29.5 Å². The van der Waals surface area contributed by atoms with E-state index < -0.39 is 0 Å². The monoisotopic (exact) mass is 432 g/mol. The number of rotatable bonds is 5. The average Bonchev–Trinajstić information content (AvgIpc) is 3.35. The summed E-state index contributed by atoms with van der Waals surface area (Å²) in [4.78, 5) is 39.2. The Morgan fingerprint density at radius 3 is 2.34 bits per heavy atom. The molecule has 3 aromatic rings. The normalized spacial score (nSPS) is 15.6. The van der Waals surface area contributed by atoms with Crippen LogP contribution in [-0.2, 0) is 4.79 Å². The number of likely N-dealkylation sites (tertiary alicyclic amines) is 1. The molecule has 0 radical (unpaired) electrons. The van der Waals surface area contributed by atoms with Crippen molar-refractivity contribution in [3.8, 4) is 0 Å². The Morgan fingerprint density at radius 2 is 1.59 bits per heavy atom. The van der Waals surface area contributed by atoms with Crippen molar-refractivity contribution in [2.24, 2.45) is 5.92 Å². The smallest absolute Gasteiger partial charge is 0.321 e. The molecule has 1 atom stereocenters. The number of hydrogen-bond acceptors (Lipinski definition) is 4. The van der Waals surface area contributed by atoms with E-state index in [1.807, 2.05) is 30.3 Å². The molecule has 4 rings (SSSR count). The highest BCUT2D eigenvalue weighted by atomic mass is 16.3. The van der Waals surface area contributed by atoms with Gasteiger partial charge in [-0.1, -0.05) is 24.3 Å². The Bertz CT molecular complexity index is 1080. The summed E-state index contributed by atoms with van der Waals surface area (Å²) in [6, 6.07) is 19.1. The van der Waals surface area contributed by atoms with Crippen LogP contribution in [0.5, 0.6) is 0 Å². The number of anilines is 3. The van der Waals surface area contributed by atoms with Crippen molar-refractivity contribution in [3.63, 3.8) is 0 Å². The number of nitrogens with zero attached hydrogens (tertiary/aromatic N) is 1. The zero-order valence-electron chi connectivity index (χ0n) is 17.4. The lowest BCUT2D eigenvalue weighted by molar-refractivity contribution is -0.121. The summed E-state index contributed by atoms with van der Waals surface area (Å²) in [6.07, 6.45) is 2.88. The zero-order valence-corrected chi connectivity index (χ0v) is 17.4. The number of para-hydroxylation sites is 1. The van der Waals surface area contributed by atoms with E-state index in [2.05, 4.69) is 16.0 Å². The molecular weight excluding hydrogens is 408 g/mol. The maximum Gasteiger partial charge on any atom is 0.321 e. The standard InChI is InChI=1S/C24H24N4O4/c29-22(17-7-5-13-28(16-17)24(31)27-18-8-2-1-3-9-18)25-19-10-4-11-20(15-19)26-23(30)21-12-6-14-32-21/h1-4,6,8-12,14-15,17H,5,7,13,16H2,(H,25,29)(H,26,30)(H,27,31)/t17-/m0/s1. The Labute approximate surface area is 185 Å². The maximum atomic E-state index is 12.8. The van der Waals surface area contributed by atoms with E-state index in [4.69, 9.17) is 4.42 Å². The molecule has 0 aliphatic carbocycles. The third-order valence-electron chi connectivity index (χ3n) is 5.24. The van der Waals surface area contributed by atoms with Gasteiger partial charge in [-0.2, -0.15) is 0 Å². The molecule has 0 unspecified atom stereocenters. The summed E-state index contributed by atoms with van der Waals surface area (Å²) >= 11 is 0. The van der Waals surface area contributed by atoms with E-state index in [1.54, 1.807) is 41.3 Å². The molecule has 4 amide bonds. The van der Waals surface area contributed by atoms with Crippen molar-refractivity contribution in [1.82, 2.24) is 4.90 Å². The fraction of sp³-hybridized carbons (Fsp3) is 0.208. The Hall–Kier alpha value is -4.07. The molecule has 1 fully saturated rings. The molecule has 2 heterocycles. The van der Waals surface area contributed by atoms with Gasteiger partial charge in [0.2, 0.25) is 5.91 Å². The van der Waals surface area contributed by atoms with Crippen LogP contribution >= 0.6 is 0 Å². The molecule has 3 N–H and O–H groups in total. The van der Waals surface area contributed by atoms with Crippen molar-refractivity contribution in [2.45, 2.75) is 12.8 Å². The van der Waals surface area contributed by atoms with Crippen molar-refractivity contribution in [1.29, 1.82) is 0 Å². The van der Waals surface area contributed by atoms with E-state index in [1.165, 1.54) is 6.26 Å². The minimum Gasteiger partial charge on any atom is -0.459 e. The van der Waals surface area contributed by atoms with E-state index in [0.29, 0.717) is 30.9 Å². The number of furan rings is 1. The molecule has 0 bridgehead atoms. The minimum atomic E-state index is -0.370. The fourth-order valence-electron chi connectivity index (χ4n) is 3.62. The van der Waals surface area contributed by atoms with Gasteiger partial charge >= 0.3 is 6.03 Å². The van der Waals surface area contributed by atoms with Gasteiger partial charge < -0.3 is 25.3 Å². The van der Waals surface area contributed by atoms with Crippen LogP contribution in [-0.4, -0.2) is 35.8 Å². The van der Waals surface area contributed by atoms with Crippen LogP contribution in [0.25, 0.3) is 0 Å². The van der Waals surface area contributed by atoms with Crippen molar-refractivity contribution < 1.29 is 18.8 Å². The first-order valence-electron chi connectivity index (χ1n) is 10.5. The van der Waals surface area contributed by atoms with Crippen LogP contribution in [0.4, 0.5) is 21.9 Å². The van der Waals surface area contributed by atoms with Gasteiger partial charge in [0, 0.05) is 30.2 Å². The van der Waals surface area contributed by atoms with Crippen LogP contribution < -0.4 is 16.0 Å². The summed E-state index contributed by atoms with van der Waals surface area (Å²) < 4.78 is 5.09. The third kappa shape index (κ3) is 5.34. The molecule has 1 aliphatic rings. The van der Waals surface area contributed by atoms with Crippen LogP contribution in [0.1, 0.15) is 23.4 Å². The summed E-state index contributed by atoms with van der Waals surface area (Å²) in [5, 5.41) is 8.50. The number of nitrogens with one attached hydrogen (secondary N) is 3. The molecule has 1 aromatic heterocycles. The second-order valence-electron chi connectivity index (χ2n) is 7.58. The van der Waals surface area contributed by atoms with Gasteiger partial charge in [0.25, 0.3) is 5.91 Å². The van der Waals surface area contributed by atoms with E-state index >= 15 is 0 Å². The molecule has 8 nitrogen and oxygen atoms in total. The molecule has 8 heteroatoms. The van der Waals surface area contributed by atoms with Gasteiger partial charge in [-0.25, -0.2) is 4.79 Å². The Balaban J connectivity index is 1.34. The number of piperidine rings is 1. The lowest BCUT2D eigenvalue weighted by atomic mass is 9.97. The van der Waals surface area contributed by atoms with Crippen molar-refractivity contribution >= 4 is 34.9 Å². The zero-order chi connectivity index (χ0) is 22.3. The average molecular weight is 432 g/mol. The number of carbonyl (C=O) groups is 3. The molecule has 32 heavy (non-hydrogen) atoms. The molecule has 0 spiro atoms. The largest absolute Gasteiger partial charge is 0.459 e. The first-order chi connectivity index (χ1) is 15.6. The summed E-state index contributed by atoms with van der Waals surface area (Å²) in [7, 11) is 0. The summed E-state index contributed by atoms with van der Waals surface area (Å²) in [5.41, 5.74) is 1.83. The lowest BCUT2D eigenvalue weighted by Gasteiger charge is -2.32. The Morgan fingerprint density at radius 1 is 0.844 bits per heavy atom. The highest BCUT2D eigenvalue weighted by Crippen LogP contribution is 2.22. The highest BCUT2D eigenvalue weighted by molar-refractivity contribution is 6.03. The van der Waals surface area contributed by atoms with E-state index in [0.717, 1.165) is 12.1 Å². The summed E-state index contributed by atoms with van der Waals surface area (Å²) in [5.74, 6) is -0.635. The number of carbonyl (C=O) groups excluding carboxylic acids is 3. The first-order valence-corrected chi connectivity index (χ1v) is 10.5. The van der Waals surface area contributed by atoms with Crippen molar-refractivity contribution in [2.75, 3.05) is 29.0 Å². The molecule has 164 valence electrons. The maximum absolute atomic E-state index is 12.8. The fourth-order valence-corrected chi connectivity index (χ4v) is 3.62. The van der Waals surface area contributed by atoms with Crippen molar-refractivity contribution in [3.05, 3.63) is 78.8 Å². The molecule has 1 aliphatic heterocycles. The van der Waals surface area contributed by atoms with Gasteiger partial charge in [0.05, 0.1) is 12.2 Å². The number of amides is 4. The second-order valence-corrected chi connectivity index (χ2v) is 7.58. The predicted octanol–water partition coefficient (Wildman–Crippen LogP) is 4.41. The van der Waals surface area contributed by atoms with Gasteiger partial charge in [-0.05, 0) is 55.3 Å². The Kier molecular flexibility index (Phi) is 6.50. The second kappa shape index (κ2) is 9.82. The van der Waals surface area contributed by atoms with Gasteiger partial charge in [-0.15, -0.1) is 0 Å². The molecular formula is C24H24N4O4. The van der Waals surface area contributed by atoms with Crippen LogP contribution in [0.3, 0.4) is 0 Å². The quantitative estimate of drug-likeness (QED) is 0.555. The van der Waals surface area contributed by atoms with Gasteiger partial charge in [0.15, 0.2) is 5.76 Å². The first kappa shape index (κ1) is 21.2. The molecule has 1 saturated heterocycles. The van der Waals surface area contributed by atoms with Crippen LogP contribution in [0.15, 0.2) is 77.4 Å². The van der Waals surface area contributed by atoms with Crippen LogP contribution in [0.2, 0.25) is 0 Å². The molecule has 2 aromatic carbocycles. The van der Waals surface area contributed by atoms with Crippen LogP contribution in [0, 0.1) is 5.92 Å². The third-order valence-corrected chi connectivity index (χ3v) is 5.24. The summed E-state index contributed by atoms with van der Waals surface area (Å²) in [6.45, 7) is 0.955. The number of hydrogen-bond donors (Lipinski definition) is 3. The topological polar surface area (TPSA) is 104 Å². The number of urea groups is 1. The SMILES string of the molecule is O=C(Nc1cccc(NC(=O)[C@H]2CCCN(C(=O)Nc3ccccc3)C2)c1)c1ccco1. The lowest BCUT2D eigenvalue weighted by Crippen LogP contribution is -2.45.